The second-order valence-corrected chi connectivity index (χ2v) is 8.05. The summed E-state index contributed by atoms with van der Waals surface area (Å²) in [4.78, 5) is 38.3. The van der Waals surface area contributed by atoms with Crippen LogP contribution in [-0.2, 0) is 20.1 Å². The number of benzene rings is 1. The van der Waals surface area contributed by atoms with Crippen molar-refractivity contribution in [3.8, 4) is 11.8 Å². The monoisotopic (exact) mass is 443 g/mol. The highest BCUT2D eigenvalue weighted by molar-refractivity contribution is 5.84. The van der Waals surface area contributed by atoms with Gasteiger partial charge in [0.25, 0.3) is 5.56 Å². The molecule has 1 saturated heterocycles. The Hall–Kier alpha value is -3.90. The van der Waals surface area contributed by atoms with E-state index in [-0.39, 0.29) is 12.1 Å². The lowest BCUT2D eigenvalue weighted by molar-refractivity contribution is 0.572. The molecule has 33 heavy (non-hydrogen) atoms. The molecule has 9 heteroatoms. The predicted octanol–water partition coefficient (Wildman–Crippen LogP) is 0.926. The quantitative estimate of drug-likeness (QED) is 0.472. The van der Waals surface area contributed by atoms with Crippen molar-refractivity contribution < 1.29 is 0 Å². The average molecular weight is 444 g/mol. The summed E-state index contributed by atoms with van der Waals surface area (Å²) in [5.41, 5.74) is 0.635. The molecule has 0 amide bonds. The summed E-state index contributed by atoms with van der Waals surface area (Å²) in [5, 5.41) is 5.26. The Balaban J connectivity index is 1.72. The van der Waals surface area contributed by atoms with Crippen molar-refractivity contribution in [2.45, 2.75) is 20.0 Å². The fourth-order valence-electron chi connectivity index (χ4n) is 4.37. The van der Waals surface area contributed by atoms with E-state index < -0.39 is 5.69 Å². The van der Waals surface area contributed by atoms with Crippen molar-refractivity contribution >= 4 is 27.9 Å². The third-order valence-corrected chi connectivity index (χ3v) is 6.09. The summed E-state index contributed by atoms with van der Waals surface area (Å²) in [6.45, 7) is 5.37. The molecular weight excluding hydrogens is 418 g/mol. The Kier molecular flexibility index (Phi) is 5.44. The fourth-order valence-corrected chi connectivity index (χ4v) is 4.37. The van der Waals surface area contributed by atoms with Crippen LogP contribution in [0.1, 0.15) is 12.6 Å². The summed E-state index contributed by atoms with van der Waals surface area (Å²) in [6.07, 6.45) is 1.70. The van der Waals surface area contributed by atoms with E-state index in [0.717, 1.165) is 37.0 Å². The summed E-state index contributed by atoms with van der Waals surface area (Å²) in [6, 6.07) is 9.74. The van der Waals surface area contributed by atoms with Crippen molar-refractivity contribution in [3.63, 3.8) is 0 Å². The van der Waals surface area contributed by atoms with Crippen LogP contribution in [0.2, 0.25) is 0 Å². The topological polar surface area (TPSA) is 90.0 Å². The van der Waals surface area contributed by atoms with E-state index in [0.29, 0.717) is 29.4 Å². The van der Waals surface area contributed by atoms with E-state index in [1.807, 2.05) is 34.9 Å². The maximum atomic E-state index is 13.7. The lowest BCUT2D eigenvalue weighted by Gasteiger charge is -2.28. The molecule has 1 aliphatic heterocycles. The van der Waals surface area contributed by atoms with E-state index in [2.05, 4.69) is 27.0 Å². The van der Waals surface area contributed by atoms with Gasteiger partial charge in [-0.25, -0.2) is 4.79 Å². The van der Waals surface area contributed by atoms with Crippen molar-refractivity contribution in [3.05, 3.63) is 63.1 Å². The Morgan fingerprint density at radius 3 is 2.67 bits per heavy atom. The Bertz CT molecular complexity index is 1520. The number of pyridine rings is 1. The van der Waals surface area contributed by atoms with Gasteiger partial charge >= 0.3 is 5.69 Å². The van der Waals surface area contributed by atoms with Crippen LogP contribution < -0.4 is 21.5 Å². The highest BCUT2D eigenvalue weighted by atomic mass is 16.2. The van der Waals surface area contributed by atoms with Crippen LogP contribution in [0.5, 0.6) is 0 Å². The molecule has 9 nitrogen and oxygen atoms in total. The largest absolute Gasteiger partial charge is 0.340 e. The average Bonchev–Trinajstić information content (AvgIpc) is 3.24. The van der Waals surface area contributed by atoms with Gasteiger partial charge in [-0.05, 0) is 18.4 Å². The second kappa shape index (κ2) is 8.56. The molecule has 1 aliphatic rings. The molecule has 0 unspecified atom stereocenters. The maximum absolute atomic E-state index is 13.7. The van der Waals surface area contributed by atoms with Crippen LogP contribution >= 0.6 is 0 Å². The first-order valence-electron chi connectivity index (χ1n) is 11.0. The molecule has 5 rings (SSSR count). The number of fused-ring (bicyclic) bond motifs is 2. The Morgan fingerprint density at radius 1 is 1.09 bits per heavy atom. The van der Waals surface area contributed by atoms with E-state index in [4.69, 9.17) is 4.98 Å². The van der Waals surface area contributed by atoms with Crippen LogP contribution in [0.3, 0.4) is 0 Å². The highest BCUT2D eigenvalue weighted by Gasteiger charge is 2.24. The predicted molar refractivity (Wildman–Crippen MR) is 129 cm³/mol. The first kappa shape index (κ1) is 21.0. The van der Waals surface area contributed by atoms with Crippen LogP contribution in [0.15, 0.2) is 46.1 Å². The molecule has 1 aromatic carbocycles. The first-order chi connectivity index (χ1) is 16.1. The number of aromatic nitrogens is 5. The molecule has 0 radical (unpaired) electrons. The number of piperazine rings is 1. The van der Waals surface area contributed by atoms with Crippen LogP contribution in [0, 0.1) is 11.8 Å². The van der Waals surface area contributed by atoms with Gasteiger partial charge in [-0.1, -0.05) is 30.2 Å². The number of anilines is 1. The van der Waals surface area contributed by atoms with Gasteiger partial charge in [0.2, 0.25) is 5.95 Å². The minimum absolute atomic E-state index is 0.0798. The van der Waals surface area contributed by atoms with Gasteiger partial charge in [-0.3, -0.25) is 23.5 Å². The highest BCUT2D eigenvalue weighted by Crippen LogP contribution is 2.21. The van der Waals surface area contributed by atoms with Gasteiger partial charge in [0.1, 0.15) is 0 Å². The molecule has 168 valence electrons. The molecule has 1 N–H and O–H groups in total. The number of rotatable bonds is 4. The molecule has 0 saturated carbocycles. The molecule has 0 atom stereocenters. The van der Waals surface area contributed by atoms with Crippen molar-refractivity contribution in [1.82, 2.24) is 29.0 Å². The normalized spacial score (nSPS) is 13.9. The number of nitrogens with zero attached hydrogens (tertiary/aromatic N) is 6. The lowest BCUT2D eigenvalue weighted by Crippen LogP contribution is -2.44. The van der Waals surface area contributed by atoms with Crippen molar-refractivity contribution in [1.29, 1.82) is 0 Å². The molecule has 1 fully saturated rings. The minimum Gasteiger partial charge on any atom is -0.340 e. The number of hydrogen-bond acceptors (Lipinski definition) is 6. The maximum Gasteiger partial charge on any atom is 0.332 e. The summed E-state index contributed by atoms with van der Waals surface area (Å²) >= 11 is 0. The van der Waals surface area contributed by atoms with Crippen molar-refractivity contribution in [2.75, 3.05) is 31.1 Å². The van der Waals surface area contributed by atoms with Gasteiger partial charge in [0, 0.05) is 44.8 Å². The van der Waals surface area contributed by atoms with Gasteiger partial charge in [0.15, 0.2) is 11.2 Å². The van der Waals surface area contributed by atoms with E-state index >= 15 is 0 Å². The number of hydrogen-bond donors (Lipinski definition) is 1. The minimum atomic E-state index is -0.416. The van der Waals surface area contributed by atoms with Crippen LogP contribution in [0.4, 0.5) is 5.95 Å². The smallest absolute Gasteiger partial charge is 0.332 e. The third-order valence-electron chi connectivity index (χ3n) is 6.09. The number of imidazole rings is 1. The molecule has 0 aliphatic carbocycles. The van der Waals surface area contributed by atoms with E-state index in [9.17, 15) is 9.59 Å². The van der Waals surface area contributed by atoms with Gasteiger partial charge < -0.3 is 10.2 Å². The molecule has 0 bridgehead atoms. The zero-order chi connectivity index (χ0) is 22.9. The molecular formula is C24H25N7O2. The summed E-state index contributed by atoms with van der Waals surface area (Å²) < 4.78 is 4.53. The molecule has 4 aromatic rings. The van der Waals surface area contributed by atoms with Crippen LogP contribution in [0.25, 0.3) is 21.9 Å². The SMILES string of the molecule is CC#CCn1c(N2CCNCC2)nc2c1c(=O)n(Cc1nccc3ccccc13)c(=O)n2C. The Morgan fingerprint density at radius 2 is 1.88 bits per heavy atom. The third kappa shape index (κ3) is 3.58. The zero-order valence-corrected chi connectivity index (χ0v) is 18.7. The summed E-state index contributed by atoms with van der Waals surface area (Å²) in [5.74, 6) is 6.63. The standard InChI is InChI=1S/C24H25N7O2/c1-3-4-13-30-20-21(27-23(30)29-14-11-25-12-15-29)28(2)24(33)31(22(20)32)16-19-18-8-6-5-7-17(18)9-10-26-19/h5-10,25H,11-16H2,1-2H3. The molecule has 3 aromatic heterocycles. The fraction of sp³-hybridized carbons (Fsp3) is 0.333. The van der Waals surface area contributed by atoms with E-state index in [1.165, 1.54) is 9.13 Å². The second-order valence-electron chi connectivity index (χ2n) is 8.05. The summed E-state index contributed by atoms with van der Waals surface area (Å²) in [7, 11) is 1.65. The number of aryl methyl sites for hydroxylation is 1. The van der Waals surface area contributed by atoms with Crippen molar-refractivity contribution in [2.24, 2.45) is 7.05 Å². The molecule has 4 heterocycles. The van der Waals surface area contributed by atoms with Gasteiger partial charge in [-0.15, -0.1) is 5.92 Å². The lowest BCUT2D eigenvalue weighted by atomic mass is 10.1. The first-order valence-corrected chi connectivity index (χ1v) is 11.0. The van der Waals surface area contributed by atoms with Gasteiger partial charge in [0.05, 0.1) is 18.8 Å². The Labute approximate surface area is 190 Å². The van der Waals surface area contributed by atoms with E-state index in [1.54, 1.807) is 20.2 Å². The van der Waals surface area contributed by atoms with Gasteiger partial charge in [-0.2, -0.15) is 4.98 Å². The number of nitrogens with one attached hydrogen (secondary N) is 1. The van der Waals surface area contributed by atoms with Crippen LogP contribution in [-0.4, -0.2) is 49.8 Å². The zero-order valence-electron chi connectivity index (χ0n) is 18.7. The molecule has 0 spiro atoms.